The molecule has 1 N–H and O–H groups in total. The summed E-state index contributed by atoms with van der Waals surface area (Å²) < 4.78 is 39.0. The summed E-state index contributed by atoms with van der Waals surface area (Å²) in [6, 6.07) is 21.5. The van der Waals surface area contributed by atoms with Crippen LogP contribution in [0.25, 0.3) is 0 Å². The maximum absolute atomic E-state index is 14.0. The van der Waals surface area contributed by atoms with Gasteiger partial charge in [0.25, 0.3) is 0 Å². The summed E-state index contributed by atoms with van der Waals surface area (Å²) in [5, 5.41) is 3.06. The highest BCUT2D eigenvalue weighted by Crippen LogP contribution is 2.35. The molecule has 1 aliphatic rings. The fraction of sp³-hybridized carbons (Fsp3) is 0.394. The number of anilines is 1. The number of nitrogens with zero attached hydrogens (tertiary/aromatic N) is 2. The first-order chi connectivity index (χ1) is 20.8. The van der Waals surface area contributed by atoms with E-state index in [2.05, 4.69) is 21.2 Å². The number of fused-ring (bicyclic) bond motifs is 1. The summed E-state index contributed by atoms with van der Waals surface area (Å²) in [5.41, 5.74) is 1.72. The highest BCUT2D eigenvalue weighted by Gasteiger charge is 2.32. The summed E-state index contributed by atoms with van der Waals surface area (Å²) in [7, 11) is -3.66. The van der Waals surface area contributed by atoms with Crippen molar-refractivity contribution in [2.24, 2.45) is 0 Å². The second-order valence-electron chi connectivity index (χ2n) is 11.9. The lowest BCUT2D eigenvalue weighted by molar-refractivity contribution is -0.142. The monoisotopic (exact) mass is 685 g/mol. The van der Waals surface area contributed by atoms with Crippen molar-refractivity contribution in [1.82, 2.24) is 10.2 Å². The third-order valence-corrected chi connectivity index (χ3v) is 8.66. The van der Waals surface area contributed by atoms with E-state index in [4.69, 9.17) is 9.47 Å². The van der Waals surface area contributed by atoms with Crippen molar-refractivity contribution in [3.63, 3.8) is 0 Å². The lowest BCUT2D eigenvalue weighted by atomic mass is 10.00. The largest absolute Gasteiger partial charge is 0.486 e. The molecule has 0 unspecified atom stereocenters. The number of amides is 2. The maximum Gasteiger partial charge on any atom is 0.243 e. The second-order valence-corrected chi connectivity index (χ2v) is 14.7. The van der Waals surface area contributed by atoms with Crippen LogP contribution in [-0.4, -0.2) is 62.7 Å². The molecule has 44 heavy (non-hydrogen) atoms. The molecular formula is C33H40BrN3O6S. The zero-order valence-corrected chi connectivity index (χ0v) is 28.0. The lowest BCUT2D eigenvalue weighted by Crippen LogP contribution is -2.54. The molecular weight excluding hydrogens is 646 g/mol. The number of carbonyl (C=O) groups excluding carboxylic acids is 2. The summed E-state index contributed by atoms with van der Waals surface area (Å²) in [4.78, 5) is 29.4. The molecule has 2 amide bonds. The quantitative estimate of drug-likeness (QED) is 0.277. The van der Waals surface area contributed by atoms with E-state index in [1.807, 2.05) is 75.4 Å². The van der Waals surface area contributed by atoms with E-state index < -0.39 is 21.6 Å². The minimum atomic E-state index is -3.66. The fourth-order valence-electron chi connectivity index (χ4n) is 5.03. The van der Waals surface area contributed by atoms with Crippen LogP contribution in [0.15, 0.2) is 77.3 Å². The first kappa shape index (κ1) is 33.3. The SMILES string of the molecule is CC(C)(C)NC(=O)[C@H](Cc1ccccc1)N(Cc1cccc(Br)c1)C(=O)CCCN(c1ccc2c(c1)OCCO2)S(C)(=O)=O. The molecule has 0 spiro atoms. The van der Waals surface area contributed by atoms with Crippen molar-refractivity contribution in [3.05, 3.63) is 88.4 Å². The summed E-state index contributed by atoms with van der Waals surface area (Å²) in [5.74, 6) is 0.543. The Bertz CT molecular complexity index is 1560. The Morgan fingerprint density at radius 3 is 2.27 bits per heavy atom. The molecule has 1 heterocycles. The first-order valence-corrected chi connectivity index (χ1v) is 17.2. The molecule has 3 aromatic carbocycles. The molecule has 1 atom stereocenters. The van der Waals surface area contributed by atoms with Gasteiger partial charge in [0.15, 0.2) is 11.5 Å². The van der Waals surface area contributed by atoms with Gasteiger partial charge in [-0.1, -0.05) is 58.4 Å². The highest BCUT2D eigenvalue weighted by atomic mass is 79.9. The molecule has 0 saturated heterocycles. The molecule has 236 valence electrons. The van der Waals surface area contributed by atoms with E-state index in [1.54, 1.807) is 23.1 Å². The molecule has 0 aromatic heterocycles. The lowest BCUT2D eigenvalue weighted by Gasteiger charge is -2.34. The van der Waals surface area contributed by atoms with Crippen molar-refractivity contribution in [1.29, 1.82) is 0 Å². The number of ether oxygens (including phenoxy) is 2. The third-order valence-electron chi connectivity index (χ3n) is 6.98. The summed E-state index contributed by atoms with van der Waals surface area (Å²) in [6.45, 7) is 6.82. The van der Waals surface area contributed by atoms with E-state index in [1.165, 1.54) is 4.31 Å². The Hall–Kier alpha value is -3.57. The van der Waals surface area contributed by atoms with Gasteiger partial charge in [-0.05, 0) is 62.6 Å². The van der Waals surface area contributed by atoms with Crippen LogP contribution in [0.1, 0.15) is 44.7 Å². The minimum Gasteiger partial charge on any atom is -0.486 e. The molecule has 0 aliphatic carbocycles. The molecule has 3 aromatic rings. The smallest absolute Gasteiger partial charge is 0.243 e. The van der Waals surface area contributed by atoms with E-state index in [9.17, 15) is 18.0 Å². The molecule has 11 heteroatoms. The first-order valence-electron chi connectivity index (χ1n) is 14.6. The van der Waals surface area contributed by atoms with Crippen molar-refractivity contribution < 1.29 is 27.5 Å². The number of hydrogen-bond donors (Lipinski definition) is 1. The van der Waals surface area contributed by atoms with E-state index in [-0.39, 0.29) is 37.7 Å². The average molecular weight is 687 g/mol. The Balaban J connectivity index is 1.59. The van der Waals surface area contributed by atoms with Gasteiger partial charge in [-0.15, -0.1) is 0 Å². The average Bonchev–Trinajstić information content (AvgIpc) is 2.96. The van der Waals surface area contributed by atoms with E-state index >= 15 is 0 Å². The van der Waals surface area contributed by atoms with Crippen molar-refractivity contribution in [3.8, 4) is 11.5 Å². The molecule has 4 rings (SSSR count). The van der Waals surface area contributed by atoms with E-state index in [0.717, 1.165) is 21.9 Å². The van der Waals surface area contributed by atoms with Crippen LogP contribution >= 0.6 is 15.9 Å². The zero-order valence-electron chi connectivity index (χ0n) is 25.6. The Morgan fingerprint density at radius 2 is 1.61 bits per heavy atom. The molecule has 0 radical (unpaired) electrons. The number of halogens is 1. The normalized spacial score (nSPS) is 13.6. The van der Waals surface area contributed by atoms with Gasteiger partial charge < -0.3 is 19.7 Å². The van der Waals surface area contributed by atoms with Gasteiger partial charge in [0.2, 0.25) is 21.8 Å². The van der Waals surface area contributed by atoms with Crippen LogP contribution in [0, 0.1) is 0 Å². The van der Waals surface area contributed by atoms with Crippen LogP contribution in [0.4, 0.5) is 5.69 Å². The van der Waals surface area contributed by atoms with Crippen LogP contribution in [0.3, 0.4) is 0 Å². The van der Waals surface area contributed by atoms with Crippen molar-refractivity contribution in [2.75, 3.05) is 30.3 Å². The van der Waals surface area contributed by atoms with Gasteiger partial charge in [0.05, 0.1) is 11.9 Å². The highest BCUT2D eigenvalue weighted by molar-refractivity contribution is 9.10. The van der Waals surface area contributed by atoms with Gasteiger partial charge in [-0.3, -0.25) is 13.9 Å². The zero-order chi connectivity index (χ0) is 31.9. The number of benzene rings is 3. The molecule has 0 bridgehead atoms. The summed E-state index contributed by atoms with van der Waals surface area (Å²) in [6.07, 6.45) is 1.75. The molecule has 0 fully saturated rings. The minimum absolute atomic E-state index is 0.0403. The topological polar surface area (TPSA) is 105 Å². The third kappa shape index (κ3) is 9.46. The van der Waals surface area contributed by atoms with Crippen LogP contribution in [-0.2, 0) is 32.6 Å². The maximum atomic E-state index is 14.0. The number of hydrogen-bond acceptors (Lipinski definition) is 6. The predicted molar refractivity (Wildman–Crippen MR) is 175 cm³/mol. The molecule has 9 nitrogen and oxygen atoms in total. The van der Waals surface area contributed by atoms with Gasteiger partial charge in [0, 0.05) is 42.0 Å². The number of carbonyl (C=O) groups is 2. The van der Waals surface area contributed by atoms with Gasteiger partial charge in [-0.25, -0.2) is 8.42 Å². The van der Waals surface area contributed by atoms with Crippen molar-refractivity contribution >= 4 is 43.5 Å². The number of sulfonamides is 1. The van der Waals surface area contributed by atoms with E-state index in [0.29, 0.717) is 36.8 Å². The Morgan fingerprint density at radius 1 is 0.932 bits per heavy atom. The molecule has 0 saturated carbocycles. The van der Waals surface area contributed by atoms with Crippen LogP contribution < -0.4 is 19.1 Å². The Labute approximate surface area is 268 Å². The number of nitrogens with one attached hydrogen (secondary N) is 1. The Kier molecular flexibility index (Phi) is 11.0. The van der Waals surface area contributed by atoms with Gasteiger partial charge in [0.1, 0.15) is 19.3 Å². The van der Waals surface area contributed by atoms with Crippen LogP contribution in [0.5, 0.6) is 11.5 Å². The second kappa shape index (κ2) is 14.5. The van der Waals surface area contributed by atoms with Gasteiger partial charge >= 0.3 is 0 Å². The van der Waals surface area contributed by atoms with Crippen molar-refractivity contribution in [2.45, 2.75) is 58.2 Å². The van der Waals surface area contributed by atoms with Gasteiger partial charge in [-0.2, -0.15) is 0 Å². The predicted octanol–water partition coefficient (Wildman–Crippen LogP) is 5.32. The standard InChI is InChI=1S/C33H40BrN3O6S/c1-33(2,3)35-32(39)28(21-24-10-6-5-7-11-24)36(23-25-12-8-13-26(34)20-25)31(38)14-9-17-37(44(4,40)41)27-15-16-29-30(22-27)43-19-18-42-29/h5-8,10-13,15-16,20,22,28H,9,14,17-19,21,23H2,1-4H3,(H,35,39)/t28-/m0/s1. The number of rotatable bonds is 12. The molecule has 1 aliphatic heterocycles. The fourth-order valence-corrected chi connectivity index (χ4v) is 6.43. The summed E-state index contributed by atoms with van der Waals surface area (Å²) >= 11 is 3.51. The van der Waals surface area contributed by atoms with Crippen LogP contribution in [0.2, 0.25) is 0 Å².